The molecule has 9 heteroatoms. The van der Waals surface area contributed by atoms with Gasteiger partial charge in [0.2, 0.25) is 0 Å². The highest BCUT2D eigenvalue weighted by atomic mass is 35.5. The molecule has 2 aliphatic rings. The zero-order valence-electron chi connectivity index (χ0n) is 17.4. The average Bonchev–Trinajstić information content (AvgIpc) is 2.76. The van der Waals surface area contributed by atoms with Crippen molar-refractivity contribution in [2.24, 2.45) is 0 Å². The number of fused-ring (bicyclic) bond motifs is 2. The van der Waals surface area contributed by atoms with Crippen molar-refractivity contribution in [3.63, 3.8) is 0 Å². The number of carbonyl (C=O) groups excluding carboxylic acids is 2. The summed E-state index contributed by atoms with van der Waals surface area (Å²) in [6.07, 6.45) is 0.265. The number of nitrogens with zero attached hydrogens (tertiary/aromatic N) is 1. The topological polar surface area (TPSA) is 105 Å². The van der Waals surface area contributed by atoms with E-state index < -0.39 is 18.2 Å². The highest BCUT2D eigenvalue weighted by molar-refractivity contribution is 6.34. The van der Waals surface area contributed by atoms with Gasteiger partial charge in [-0.2, -0.15) is 0 Å². The van der Waals surface area contributed by atoms with Crippen LogP contribution in [0.2, 0.25) is 5.02 Å². The van der Waals surface area contributed by atoms with Crippen LogP contribution in [0.25, 0.3) is 0 Å². The van der Waals surface area contributed by atoms with Crippen molar-refractivity contribution >= 4 is 35.1 Å². The second kappa shape index (κ2) is 9.18. The molecule has 1 saturated heterocycles. The van der Waals surface area contributed by atoms with E-state index in [2.05, 4.69) is 5.32 Å². The molecule has 32 heavy (non-hydrogen) atoms. The Morgan fingerprint density at radius 1 is 1.22 bits per heavy atom. The van der Waals surface area contributed by atoms with Crippen LogP contribution < -0.4 is 10.1 Å². The molecule has 2 N–H and O–H groups in total. The van der Waals surface area contributed by atoms with Crippen LogP contribution in [0.5, 0.6) is 5.75 Å². The van der Waals surface area contributed by atoms with Crippen LogP contribution in [0.3, 0.4) is 0 Å². The number of carboxylic acids is 1. The van der Waals surface area contributed by atoms with Gasteiger partial charge in [0.15, 0.2) is 0 Å². The van der Waals surface area contributed by atoms with E-state index >= 15 is 0 Å². The first-order valence-electron chi connectivity index (χ1n) is 10.3. The Kier molecular flexibility index (Phi) is 6.34. The third-order valence-corrected chi connectivity index (χ3v) is 6.12. The molecule has 0 radical (unpaired) electrons. The number of ether oxygens (including phenoxy) is 2. The van der Waals surface area contributed by atoms with E-state index in [1.54, 1.807) is 54.4 Å². The van der Waals surface area contributed by atoms with E-state index in [0.717, 1.165) is 0 Å². The number of hydrogen-bond acceptors (Lipinski definition) is 5. The van der Waals surface area contributed by atoms with Gasteiger partial charge in [-0.15, -0.1) is 0 Å². The second-order valence-corrected chi connectivity index (χ2v) is 8.32. The monoisotopic (exact) mass is 458 g/mol. The first-order chi connectivity index (χ1) is 15.3. The fourth-order valence-corrected chi connectivity index (χ4v) is 4.37. The van der Waals surface area contributed by atoms with E-state index in [1.807, 2.05) is 0 Å². The molecule has 4 rings (SSSR count). The van der Waals surface area contributed by atoms with Crippen molar-refractivity contribution in [3.05, 3.63) is 58.6 Å². The Labute approximate surface area is 190 Å². The van der Waals surface area contributed by atoms with Gasteiger partial charge in [-0.25, -0.2) is 0 Å². The van der Waals surface area contributed by atoms with Gasteiger partial charge in [0.1, 0.15) is 18.5 Å². The number of rotatable bonds is 4. The Morgan fingerprint density at radius 3 is 2.75 bits per heavy atom. The molecule has 2 heterocycles. The molecule has 0 aromatic heterocycles. The Bertz CT molecular complexity index is 1060. The molecule has 2 aromatic carbocycles. The molecule has 2 amide bonds. The molecule has 0 bridgehead atoms. The third kappa shape index (κ3) is 4.56. The number of carboxylic acid groups (broad SMARTS) is 1. The SMILES string of the molecule is CN1C(=O)c2cc(NC(=O)c3ccccc3Cl)ccc2OC[C@@H]2O[C@H](CC(=O)O)CC[C@@H]21. The quantitative estimate of drug-likeness (QED) is 0.727. The van der Waals surface area contributed by atoms with Gasteiger partial charge in [0.25, 0.3) is 11.8 Å². The standard InChI is InChI=1S/C23H23ClN2O6/c1-26-18-8-7-14(11-21(27)28)32-20(18)12-31-19-9-6-13(10-16(19)23(26)30)25-22(29)15-4-2-3-5-17(15)24/h2-6,9-10,14,18,20H,7-8,11-12H2,1H3,(H,25,29)(H,27,28)/t14-,18-,20-/m0/s1. The Balaban J connectivity index is 1.55. The van der Waals surface area contributed by atoms with E-state index in [1.165, 1.54) is 0 Å². The number of nitrogens with one attached hydrogen (secondary N) is 1. The van der Waals surface area contributed by atoms with Crippen LogP contribution in [-0.4, -0.2) is 59.7 Å². The van der Waals surface area contributed by atoms with Gasteiger partial charge >= 0.3 is 5.97 Å². The number of carbonyl (C=O) groups is 3. The van der Waals surface area contributed by atoms with Crippen molar-refractivity contribution in [2.75, 3.05) is 19.0 Å². The number of halogens is 1. The van der Waals surface area contributed by atoms with Crippen LogP contribution in [0, 0.1) is 0 Å². The van der Waals surface area contributed by atoms with Gasteiger partial charge in [-0.05, 0) is 43.2 Å². The fraction of sp³-hybridized carbons (Fsp3) is 0.348. The van der Waals surface area contributed by atoms with Gasteiger partial charge < -0.3 is 24.8 Å². The molecular weight excluding hydrogens is 436 g/mol. The lowest BCUT2D eigenvalue weighted by Gasteiger charge is -2.42. The summed E-state index contributed by atoms with van der Waals surface area (Å²) in [4.78, 5) is 38.5. The predicted molar refractivity (Wildman–Crippen MR) is 117 cm³/mol. The second-order valence-electron chi connectivity index (χ2n) is 7.91. The van der Waals surface area contributed by atoms with Crippen molar-refractivity contribution < 1.29 is 29.0 Å². The maximum absolute atomic E-state index is 13.2. The maximum atomic E-state index is 13.2. The summed E-state index contributed by atoms with van der Waals surface area (Å²) in [6.45, 7) is 0.191. The summed E-state index contributed by atoms with van der Waals surface area (Å²) in [6, 6.07) is 11.3. The number of hydrogen-bond donors (Lipinski definition) is 2. The van der Waals surface area contributed by atoms with Gasteiger partial charge in [-0.1, -0.05) is 23.7 Å². The lowest BCUT2D eigenvalue weighted by molar-refractivity contribution is -0.148. The van der Waals surface area contributed by atoms with Gasteiger partial charge in [-0.3, -0.25) is 14.4 Å². The van der Waals surface area contributed by atoms with Crippen molar-refractivity contribution in [3.8, 4) is 5.75 Å². The molecule has 8 nitrogen and oxygen atoms in total. The Hall–Kier alpha value is -3.10. The van der Waals surface area contributed by atoms with Crippen LogP contribution >= 0.6 is 11.6 Å². The van der Waals surface area contributed by atoms with Crippen molar-refractivity contribution in [2.45, 2.75) is 37.5 Å². The molecule has 0 unspecified atom stereocenters. The normalized spacial score (nSPS) is 22.6. The number of benzene rings is 2. The maximum Gasteiger partial charge on any atom is 0.305 e. The summed E-state index contributed by atoms with van der Waals surface area (Å²) in [7, 11) is 1.70. The first-order valence-corrected chi connectivity index (χ1v) is 10.7. The molecule has 3 atom stereocenters. The minimum Gasteiger partial charge on any atom is -0.490 e. The molecule has 0 saturated carbocycles. The zero-order valence-corrected chi connectivity index (χ0v) is 18.2. The summed E-state index contributed by atoms with van der Waals surface area (Å²) in [5, 5.41) is 12.2. The number of anilines is 1. The van der Waals surface area contributed by atoms with Crippen LogP contribution in [0.4, 0.5) is 5.69 Å². The van der Waals surface area contributed by atoms with Crippen LogP contribution in [-0.2, 0) is 9.53 Å². The van der Waals surface area contributed by atoms with E-state index in [4.69, 9.17) is 26.2 Å². The molecule has 0 spiro atoms. The summed E-state index contributed by atoms with van der Waals surface area (Å²) >= 11 is 6.10. The average molecular weight is 459 g/mol. The third-order valence-electron chi connectivity index (χ3n) is 5.79. The van der Waals surface area contributed by atoms with Gasteiger partial charge in [0, 0.05) is 12.7 Å². The van der Waals surface area contributed by atoms with Crippen LogP contribution in [0.15, 0.2) is 42.5 Å². The lowest BCUT2D eigenvalue weighted by Crippen LogP contribution is -2.53. The summed E-state index contributed by atoms with van der Waals surface area (Å²) in [5.74, 6) is -1.18. The first kappa shape index (κ1) is 22.1. The van der Waals surface area contributed by atoms with Crippen molar-refractivity contribution in [1.29, 1.82) is 0 Å². The number of aliphatic carboxylic acids is 1. The molecular formula is C23H23ClN2O6. The van der Waals surface area contributed by atoms with Gasteiger partial charge in [0.05, 0.1) is 34.7 Å². The molecule has 2 aliphatic heterocycles. The van der Waals surface area contributed by atoms with Crippen LogP contribution in [0.1, 0.15) is 40.0 Å². The smallest absolute Gasteiger partial charge is 0.305 e. The minimum absolute atomic E-state index is 0.0774. The highest BCUT2D eigenvalue weighted by Gasteiger charge is 2.39. The summed E-state index contributed by atoms with van der Waals surface area (Å²) < 4.78 is 11.8. The number of likely N-dealkylation sites (N-methyl/N-ethyl adjacent to an activating group) is 1. The molecule has 0 aliphatic carbocycles. The lowest BCUT2D eigenvalue weighted by atomic mass is 9.94. The largest absolute Gasteiger partial charge is 0.490 e. The van der Waals surface area contributed by atoms with E-state index in [-0.39, 0.29) is 30.9 Å². The Morgan fingerprint density at radius 2 is 2.00 bits per heavy atom. The van der Waals surface area contributed by atoms with E-state index in [0.29, 0.717) is 40.4 Å². The minimum atomic E-state index is -0.915. The highest BCUT2D eigenvalue weighted by Crippen LogP contribution is 2.32. The molecule has 1 fully saturated rings. The van der Waals surface area contributed by atoms with E-state index in [9.17, 15) is 14.4 Å². The molecule has 2 aromatic rings. The fourth-order valence-electron chi connectivity index (χ4n) is 4.14. The predicted octanol–water partition coefficient (Wildman–Crippen LogP) is 3.45. The summed E-state index contributed by atoms with van der Waals surface area (Å²) in [5.41, 5.74) is 1.10. The molecule has 168 valence electrons. The number of amides is 2. The van der Waals surface area contributed by atoms with Crippen molar-refractivity contribution in [1.82, 2.24) is 4.90 Å². The zero-order chi connectivity index (χ0) is 22.8.